The molecule has 0 spiro atoms. The highest BCUT2D eigenvalue weighted by molar-refractivity contribution is 7.11. The van der Waals surface area contributed by atoms with Crippen molar-refractivity contribution in [2.75, 3.05) is 6.61 Å². The van der Waals surface area contributed by atoms with E-state index in [0.717, 1.165) is 17.0 Å². The van der Waals surface area contributed by atoms with Crippen LogP contribution in [0.25, 0.3) is 0 Å². The number of aryl methyl sites for hydroxylation is 1. The van der Waals surface area contributed by atoms with Crippen molar-refractivity contribution in [2.24, 2.45) is 0 Å². The van der Waals surface area contributed by atoms with Crippen LogP contribution in [0.15, 0.2) is 48.5 Å². The number of benzene rings is 1. The fourth-order valence-electron chi connectivity index (χ4n) is 3.03. The molecule has 3 aromatic rings. The predicted octanol–water partition coefficient (Wildman–Crippen LogP) is 2.75. The quantitative estimate of drug-likeness (QED) is 0.726. The van der Waals surface area contributed by atoms with Crippen LogP contribution >= 0.6 is 11.3 Å². The third kappa shape index (κ3) is 3.15. The van der Waals surface area contributed by atoms with Gasteiger partial charge in [0.25, 0.3) is 5.91 Å². The summed E-state index contributed by atoms with van der Waals surface area (Å²) in [5, 5.41) is 0. The number of ether oxygens (including phenoxy) is 1. The first-order chi connectivity index (χ1) is 12.2. The highest BCUT2D eigenvalue weighted by Crippen LogP contribution is 2.27. The van der Waals surface area contributed by atoms with Gasteiger partial charge in [-0.25, -0.2) is 9.97 Å². The molecule has 0 saturated heterocycles. The molecular weight excluding hydrogens is 336 g/mol. The molecule has 1 aliphatic rings. The number of carbonyl (C=O) groups excluding carboxylic acids is 1. The van der Waals surface area contributed by atoms with Crippen molar-refractivity contribution in [3.05, 3.63) is 64.6 Å². The summed E-state index contributed by atoms with van der Waals surface area (Å²) in [7, 11) is 0. The van der Waals surface area contributed by atoms with Crippen molar-refractivity contribution in [3.8, 4) is 5.75 Å². The second-order valence-electron chi connectivity index (χ2n) is 6.03. The lowest BCUT2D eigenvalue weighted by molar-refractivity contribution is 0.0602. The van der Waals surface area contributed by atoms with Gasteiger partial charge in [-0.05, 0) is 13.0 Å². The van der Waals surface area contributed by atoms with Crippen LogP contribution in [0.4, 0.5) is 0 Å². The minimum atomic E-state index is -0.0874. The van der Waals surface area contributed by atoms with Crippen LogP contribution in [-0.2, 0) is 13.1 Å². The summed E-state index contributed by atoms with van der Waals surface area (Å²) >= 11 is 1.39. The molecule has 128 valence electrons. The minimum Gasteiger partial charge on any atom is -0.491 e. The average molecular weight is 354 g/mol. The van der Waals surface area contributed by atoms with Crippen LogP contribution < -0.4 is 4.74 Å². The van der Waals surface area contributed by atoms with E-state index >= 15 is 0 Å². The summed E-state index contributed by atoms with van der Waals surface area (Å²) in [6.07, 6.45) is 5.41. The number of carbonyl (C=O) groups is 1. The molecule has 1 atom stereocenters. The second kappa shape index (κ2) is 6.68. The summed E-state index contributed by atoms with van der Waals surface area (Å²) < 4.78 is 7.97. The normalized spacial score (nSPS) is 16.8. The first kappa shape index (κ1) is 15.8. The van der Waals surface area contributed by atoms with E-state index in [1.54, 1.807) is 18.0 Å². The Hall–Kier alpha value is -2.67. The van der Waals surface area contributed by atoms with Gasteiger partial charge in [-0.1, -0.05) is 18.2 Å². The van der Waals surface area contributed by atoms with Gasteiger partial charge in [-0.2, -0.15) is 0 Å². The van der Waals surface area contributed by atoms with E-state index in [-0.39, 0.29) is 11.9 Å². The molecule has 3 heterocycles. The number of amides is 1. The van der Waals surface area contributed by atoms with Crippen molar-refractivity contribution in [1.29, 1.82) is 0 Å². The van der Waals surface area contributed by atoms with Gasteiger partial charge in [-0.15, -0.1) is 11.3 Å². The van der Waals surface area contributed by atoms with Gasteiger partial charge in [0, 0.05) is 24.5 Å². The van der Waals surface area contributed by atoms with Gasteiger partial charge in [0.1, 0.15) is 17.2 Å². The molecule has 1 aromatic carbocycles. The Bertz CT molecular complexity index is 875. The molecule has 6 nitrogen and oxygen atoms in total. The maximum Gasteiger partial charge on any atom is 0.266 e. The monoisotopic (exact) mass is 354 g/mol. The lowest BCUT2D eigenvalue weighted by Crippen LogP contribution is -2.44. The lowest BCUT2D eigenvalue weighted by Gasteiger charge is -2.29. The molecule has 4 rings (SSSR count). The van der Waals surface area contributed by atoms with E-state index in [2.05, 4.69) is 9.97 Å². The number of imidazole rings is 1. The maximum absolute atomic E-state index is 13.2. The number of hydrogen-bond acceptors (Lipinski definition) is 5. The van der Waals surface area contributed by atoms with E-state index in [0.29, 0.717) is 24.6 Å². The number of rotatable bonds is 3. The van der Waals surface area contributed by atoms with Crippen molar-refractivity contribution >= 4 is 17.2 Å². The molecule has 1 aliphatic heterocycles. The van der Waals surface area contributed by atoms with Crippen LogP contribution in [0.5, 0.6) is 5.75 Å². The molecule has 1 amide bonds. The van der Waals surface area contributed by atoms with Gasteiger partial charge in [0.2, 0.25) is 0 Å². The molecule has 0 aliphatic carbocycles. The zero-order chi connectivity index (χ0) is 17.2. The van der Waals surface area contributed by atoms with Gasteiger partial charge >= 0.3 is 0 Å². The molecule has 0 N–H and O–H groups in total. The Morgan fingerprint density at radius 1 is 1.40 bits per heavy atom. The van der Waals surface area contributed by atoms with E-state index in [4.69, 9.17) is 4.74 Å². The number of nitrogens with zero attached hydrogens (tertiary/aromatic N) is 4. The Balaban J connectivity index is 1.68. The van der Waals surface area contributed by atoms with E-state index in [9.17, 15) is 4.79 Å². The van der Waals surface area contributed by atoms with Crippen molar-refractivity contribution in [3.63, 3.8) is 0 Å². The molecule has 0 fully saturated rings. The fraction of sp³-hybridized carbons (Fsp3) is 0.278. The summed E-state index contributed by atoms with van der Waals surface area (Å²) in [4.78, 5) is 24.1. The standard InChI is InChI=1S/C18H18N4O2S/c1-13-17(25-12-20-13)18(23)22-8-14-4-2-3-5-16(14)24-10-15(22)9-21-7-6-19-11-21/h2-7,11-12,15H,8-10H2,1H3/t15-/m0/s1. The molecule has 0 radical (unpaired) electrons. The third-order valence-corrected chi connectivity index (χ3v) is 5.28. The first-order valence-corrected chi connectivity index (χ1v) is 8.98. The van der Waals surface area contributed by atoms with E-state index < -0.39 is 0 Å². The number of para-hydroxylation sites is 1. The minimum absolute atomic E-state index is 0.00502. The van der Waals surface area contributed by atoms with Gasteiger partial charge in [0.15, 0.2) is 0 Å². The SMILES string of the molecule is Cc1ncsc1C(=O)N1Cc2ccccc2OC[C@@H]1Cn1ccnc1. The number of hydrogen-bond donors (Lipinski definition) is 0. The Kier molecular flexibility index (Phi) is 4.23. The average Bonchev–Trinajstić information content (AvgIpc) is 3.24. The summed E-state index contributed by atoms with van der Waals surface area (Å²) in [5.41, 5.74) is 3.51. The number of aromatic nitrogens is 3. The van der Waals surface area contributed by atoms with Crippen molar-refractivity contribution in [2.45, 2.75) is 26.1 Å². The Morgan fingerprint density at radius 2 is 2.28 bits per heavy atom. The van der Waals surface area contributed by atoms with Gasteiger partial charge in [0.05, 0.1) is 30.1 Å². The van der Waals surface area contributed by atoms with Crippen LogP contribution in [0.1, 0.15) is 20.9 Å². The van der Waals surface area contributed by atoms with Gasteiger partial charge < -0.3 is 14.2 Å². The summed E-state index contributed by atoms with van der Waals surface area (Å²) in [6.45, 7) is 3.47. The van der Waals surface area contributed by atoms with Crippen molar-refractivity contribution in [1.82, 2.24) is 19.4 Å². The highest BCUT2D eigenvalue weighted by atomic mass is 32.1. The van der Waals surface area contributed by atoms with Crippen molar-refractivity contribution < 1.29 is 9.53 Å². The van der Waals surface area contributed by atoms with Crippen LogP contribution in [-0.4, -0.2) is 38.0 Å². The van der Waals surface area contributed by atoms with Gasteiger partial charge in [-0.3, -0.25) is 4.79 Å². The lowest BCUT2D eigenvalue weighted by atomic mass is 10.1. The second-order valence-corrected chi connectivity index (χ2v) is 6.89. The summed E-state index contributed by atoms with van der Waals surface area (Å²) in [6, 6.07) is 7.80. The third-order valence-electron chi connectivity index (χ3n) is 4.37. The van der Waals surface area contributed by atoms with E-state index in [1.807, 2.05) is 46.9 Å². The van der Waals surface area contributed by atoms with Crippen LogP contribution in [0.2, 0.25) is 0 Å². The Labute approximate surface area is 149 Å². The smallest absolute Gasteiger partial charge is 0.266 e. The number of fused-ring (bicyclic) bond motifs is 1. The predicted molar refractivity (Wildman–Crippen MR) is 94.7 cm³/mol. The molecule has 0 unspecified atom stereocenters. The highest BCUT2D eigenvalue weighted by Gasteiger charge is 2.31. The topological polar surface area (TPSA) is 60.3 Å². The maximum atomic E-state index is 13.2. The zero-order valence-electron chi connectivity index (χ0n) is 13.8. The zero-order valence-corrected chi connectivity index (χ0v) is 14.6. The molecule has 2 aromatic heterocycles. The van der Waals surface area contributed by atoms with Crippen LogP contribution in [0, 0.1) is 6.92 Å². The number of thiazole rings is 1. The molecule has 25 heavy (non-hydrogen) atoms. The first-order valence-electron chi connectivity index (χ1n) is 8.10. The molecule has 0 bridgehead atoms. The largest absolute Gasteiger partial charge is 0.491 e. The summed E-state index contributed by atoms with van der Waals surface area (Å²) in [5.74, 6) is 0.847. The molecular formula is C18H18N4O2S. The Morgan fingerprint density at radius 3 is 3.04 bits per heavy atom. The molecule has 7 heteroatoms. The van der Waals surface area contributed by atoms with E-state index in [1.165, 1.54) is 11.3 Å². The fourth-order valence-corrected chi connectivity index (χ4v) is 3.79. The van der Waals surface area contributed by atoms with Crippen LogP contribution in [0.3, 0.4) is 0 Å². The molecule has 0 saturated carbocycles.